The number of anilines is 2. The summed E-state index contributed by atoms with van der Waals surface area (Å²) in [6.07, 6.45) is 0. The van der Waals surface area contributed by atoms with Crippen LogP contribution in [0.3, 0.4) is 0 Å². The van der Waals surface area contributed by atoms with Gasteiger partial charge in [-0.2, -0.15) is 35.1 Å². The van der Waals surface area contributed by atoms with Gasteiger partial charge < -0.3 is 10.6 Å². The lowest BCUT2D eigenvalue weighted by Crippen LogP contribution is -2.67. The third kappa shape index (κ3) is 5.39. The minimum Gasteiger partial charge on any atom is -0.319 e. The first-order valence-corrected chi connectivity index (χ1v) is 10.9. The largest absolute Gasteiger partial charge is 0.393 e. The number of carbonyl (C=O) groups excluding carboxylic acids is 2. The molecule has 18 heteroatoms. The average Bonchev–Trinajstić information content (AvgIpc) is 2.75. The number of halogens is 14. The van der Waals surface area contributed by atoms with E-state index in [9.17, 15) is 44.7 Å². The maximum atomic E-state index is 14.2. The van der Waals surface area contributed by atoms with Gasteiger partial charge in [0.15, 0.2) is 0 Å². The molecule has 36 heavy (non-hydrogen) atoms. The molecule has 198 valence electrons. The molecule has 2 rings (SSSR count). The second-order valence-corrected chi connectivity index (χ2v) is 9.14. The van der Waals surface area contributed by atoms with Crippen LogP contribution < -0.4 is 10.6 Å². The van der Waals surface area contributed by atoms with Crippen molar-refractivity contribution < 1.29 is 44.7 Å². The summed E-state index contributed by atoms with van der Waals surface area (Å²) >= 11 is 33.4. The Labute approximate surface area is 225 Å². The Balaban J connectivity index is 2.40. The van der Waals surface area contributed by atoms with Crippen molar-refractivity contribution in [2.24, 2.45) is 0 Å². The smallest absolute Gasteiger partial charge is 0.319 e. The Morgan fingerprint density at radius 3 is 1.03 bits per heavy atom. The summed E-state index contributed by atoms with van der Waals surface area (Å²) in [6, 6.07) is 2.75. The first-order valence-electron chi connectivity index (χ1n) is 8.61. The Hall–Kier alpha value is -1.44. The van der Waals surface area contributed by atoms with Crippen LogP contribution >= 0.6 is 69.6 Å². The van der Waals surface area contributed by atoms with Crippen LogP contribution in [-0.2, 0) is 9.59 Å². The van der Waals surface area contributed by atoms with Crippen molar-refractivity contribution >= 4 is 92.8 Å². The summed E-state index contributed by atoms with van der Waals surface area (Å²) in [5, 5.41) is -0.550. The molecule has 0 bridgehead atoms. The molecule has 0 fully saturated rings. The summed E-state index contributed by atoms with van der Waals surface area (Å²) in [5.41, 5.74) is -1.79. The first-order chi connectivity index (χ1) is 16.2. The van der Waals surface area contributed by atoms with Crippen LogP contribution in [0.15, 0.2) is 24.3 Å². The lowest BCUT2D eigenvalue weighted by Gasteiger charge is -2.35. The molecule has 0 heterocycles. The van der Waals surface area contributed by atoms with Gasteiger partial charge in [-0.15, -0.1) is 0 Å². The molecule has 0 aliphatic heterocycles. The fourth-order valence-corrected chi connectivity index (χ4v) is 3.51. The van der Waals surface area contributed by atoms with E-state index in [2.05, 4.69) is 0 Å². The number of hydrogen-bond donors (Lipinski definition) is 2. The molecule has 0 aliphatic carbocycles. The second-order valence-electron chi connectivity index (χ2n) is 6.70. The van der Waals surface area contributed by atoms with Crippen molar-refractivity contribution in [2.45, 2.75) is 23.7 Å². The highest BCUT2D eigenvalue weighted by molar-refractivity contribution is 6.45. The van der Waals surface area contributed by atoms with Crippen LogP contribution in [0.5, 0.6) is 0 Å². The highest BCUT2D eigenvalue weighted by atomic mass is 35.5. The molecule has 2 amide bonds. The maximum Gasteiger partial charge on any atom is 0.393 e. The molecule has 2 aromatic carbocycles. The molecule has 2 aromatic rings. The van der Waals surface area contributed by atoms with Crippen molar-refractivity contribution in [2.75, 3.05) is 10.6 Å². The second kappa shape index (κ2) is 10.4. The lowest BCUT2D eigenvalue weighted by molar-refractivity contribution is -0.345. The zero-order valence-corrected chi connectivity index (χ0v) is 21.0. The van der Waals surface area contributed by atoms with Crippen LogP contribution in [0.4, 0.5) is 46.5 Å². The predicted molar refractivity (Wildman–Crippen MR) is 120 cm³/mol. The Bertz CT molecular complexity index is 1140. The third-order valence-electron chi connectivity index (χ3n) is 4.27. The summed E-state index contributed by atoms with van der Waals surface area (Å²) in [5.74, 6) is -33.7. The molecule has 0 saturated carbocycles. The van der Waals surface area contributed by atoms with Gasteiger partial charge in [-0.25, -0.2) is 0 Å². The summed E-state index contributed by atoms with van der Waals surface area (Å²) in [7, 11) is 0. The van der Waals surface area contributed by atoms with Gasteiger partial charge in [0.2, 0.25) is 0 Å². The molecule has 0 spiro atoms. The topological polar surface area (TPSA) is 58.2 Å². The number of rotatable bonds is 7. The number of alkyl halides is 8. The van der Waals surface area contributed by atoms with Crippen molar-refractivity contribution in [3.05, 3.63) is 54.4 Å². The van der Waals surface area contributed by atoms with Crippen LogP contribution in [0.1, 0.15) is 0 Å². The van der Waals surface area contributed by atoms with E-state index in [0.29, 0.717) is 12.1 Å². The van der Waals surface area contributed by atoms with Gasteiger partial charge in [0.05, 0.1) is 41.5 Å². The zero-order valence-electron chi connectivity index (χ0n) is 16.4. The van der Waals surface area contributed by atoms with E-state index in [1.807, 2.05) is 0 Å². The normalized spacial score (nSPS) is 12.9. The third-order valence-corrected chi connectivity index (χ3v) is 6.34. The van der Waals surface area contributed by atoms with Crippen LogP contribution in [0, 0.1) is 0 Å². The van der Waals surface area contributed by atoms with E-state index in [-0.39, 0.29) is 10.0 Å². The molecule has 0 saturated heterocycles. The number of benzene rings is 2. The summed E-state index contributed by atoms with van der Waals surface area (Å²) < 4.78 is 114. The van der Waals surface area contributed by atoms with Crippen molar-refractivity contribution in [1.82, 2.24) is 0 Å². The first kappa shape index (κ1) is 30.8. The molecule has 0 unspecified atom stereocenters. The lowest BCUT2D eigenvalue weighted by atomic mass is 9.97. The molecule has 2 N–H and O–H groups in total. The van der Waals surface area contributed by atoms with Crippen molar-refractivity contribution in [3.8, 4) is 0 Å². The molecule has 0 atom stereocenters. The van der Waals surface area contributed by atoms with E-state index in [1.165, 1.54) is 0 Å². The minimum absolute atomic E-state index is 0.268. The number of hydrogen-bond acceptors (Lipinski definition) is 2. The fraction of sp³-hybridized carbons (Fsp3) is 0.222. The Morgan fingerprint density at radius 1 is 0.500 bits per heavy atom. The van der Waals surface area contributed by atoms with E-state index in [4.69, 9.17) is 69.6 Å². The monoisotopic (exact) mass is 644 g/mol. The van der Waals surface area contributed by atoms with Gasteiger partial charge >= 0.3 is 35.5 Å². The quantitative estimate of drug-likeness (QED) is 0.234. The summed E-state index contributed by atoms with van der Waals surface area (Å²) in [6.45, 7) is 0. The summed E-state index contributed by atoms with van der Waals surface area (Å²) in [4.78, 5) is 23.6. The highest BCUT2D eigenvalue weighted by Crippen LogP contribution is 2.53. The zero-order chi connectivity index (χ0) is 28.0. The van der Waals surface area contributed by atoms with Crippen LogP contribution in [0.25, 0.3) is 0 Å². The highest BCUT2D eigenvalue weighted by Gasteiger charge is 2.84. The molecule has 4 nitrogen and oxygen atoms in total. The van der Waals surface area contributed by atoms with Gasteiger partial charge in [-0.05, 0) is 24.3 Å². The van der Waals surface area contributed by atoms with Gasteiger partial charge in [0, 0.05) is 0 Å². The molecule has 0 aromatic heterocycles. The number of carbonyl (C=O) groups is 2. The van der Waals surface area contributed by atoms with Crippen LogP contribution in [-0.4, -0.2) is 35.5 Å². The molecular weight excluding hydrogens is 641 g/mol. The molecular formula is C18H6Cl6F8N2O2. The van der Waals surface area contributed by atoms with E-state index < -0.39 is 67.0 Å². The predicted octanol–water partition coefficient (Wildman–Crippen LogP) is 8.73. The Kier molecular flexibility index (Phi) is 8.87. The van der Waals surface area contributed by atoms with Gasteiger partial charge in [-0.3, -0.25) is 9.59 Å². The average molecular weight is 647 g/mol. The SMILES string of the molecule is O=C(Nc1cc(Cl)c(Cl)cc1Cl)C(F)(F)C(F)(F)C(F)(F)C(F)(F)C(=O)Nc1cc(Cl)c(Cl)cc1Cl. The van der Waals surface area contributed by atoms with Crippen molar-refractivity contribution in [1.29, 1.82) is 0 Å². The van der Waals surface area contributed by atoms with Gasteiger partial charge in [0.1, 0.15) is 0 Å². The van der Waals surface area contributed by atoms with Crippen molar-refractivity contribution in [3.63, 3.8) is 0 Å². The molecule has 0 radical (unpaired) electrons. The number of amides is 2. The van der Waals surface area contributed by atoms with E-state index in [0.717, 1.165) is 22.8 Å². The van der Waals surface area contributed by atoms with Gasteiger partial charge in [-0.1, -0.05) is 69.6 Å². The van der Waals surface area contributed by atoms with E-state index in [1.54, 1.807) is 0 Å². The fourth-order valence-electron chi connectivity index (χ4n) is 2.32. The Morgan fingerprint density at radius 2 is 0.750 bits per heavy atom. The maximum absolute atomic E-state index is 14.2. The molecule has 0 aliphatic rings. The van der Waals surface area contributed by atoms with Gasteiger partial charge in [0.25, 0.3) is 0 Å². The standard InChI is InChI=1S/C18H6Cl6F8N2O2/c19-5-1-9(23)11(3-7(5)21)33-13(35)15(25,26)17(29,30)18(31,32)16(27,28)14(36)34-12-4-8(22)6(20)2-10(12)24/h1-4H,(H,33,35)(H,34,36). The number of nitrogens with one attached hydrogen (secondary N) is 2. The minimum atomic E-state index is -7.14. The van der Waals surface area contributed by atoms with E-state index >= 15 is 0 Å². The van der Waals surface area contributed by atoms with Crippen LogP contribution in [0.2, 0.25) is 30.1 Å².